The van der Waals surface area contributed by atoms with Crippen LogP contribution in [0, 0.1) is 32.4 Å². The molecular weight excluding hydrogens is 366 g/mol. The molecule has 0 radical (unpaired) electrons. The van der Waals surface area contributed by atoms with Crippen LogP contribution in [-0.4, -0.2) is 14.9 Å². The second-order valence-electron chi connectivity index (χ2n) is 6.39. The van der Waals surface area contributed by atoms with E-state index in [1.807, 2.05) is 25.5 Å². The largest absolute Gasteiger partial charge is 0.330 e. The second-order valence-corrected chi connectivity index (χ2v) is 6.80. The molecule has 0 spiro atoms. The Morgan fingerprint density at radius 1 is 1.04 bits per heavy atom. The summed E-state index contributed by atoms with van der Waals surface area (Å²) >= 11 is 5.26. The molecule has 1 heterocycles. The zero-order valence-corrected chi connectivity index (χ0v) is 16.1. The lowest BCUT2D eigenvalue weighted by Crippen LogP contribution is -2.20. The number of anilines is 2. The third-order valence-electron chi connectivity index (χ3n) is 4.25. The highest BCUT2D eigenvalue weighted by molar-refractivity contribution is 7.80. The topological polar surface area (TPSA) is 41.9 Å². The molecule has 2 aromatic carbocycles. The lowest BCUT2D eigenvalue weighted by molar-refractivity contribution is 0.586. The van der Waals surface area contributed by atoms with Crippen LogP contribution in [0.15, 0.2) is 42.5 Å². The fourth-order valence-electron chi connectivity index (χ4n) is 2.76. The number of thiocarbonyl (C=S) groups is 1. The summed E-state index contributed by atoms with van der Waals surface area (Å²) in [5.41, 5.74) is 4.92. The van der Waals surface area contributed by atoms with Crippen LogP contribution in [0.25, 0.3) is 0 Å². The van der Waals surface area contributed by atoms with Crippen molar-refractivity contribution in [2.75, 3.05) is 10.6 Å². The van der Waals surface area contributed by atoms with Gasteiger partial charge in [0.15, 0.2) is 5.11 Å². The summed E-state index contributed by atoms with van der Waals surface area (Å²) in [4.78, 5) is 0. The SMILES string of the molecule is Cc1ccc(Cn2nc(C)c(NC(=S)Nc3ccc(F)cc3F)c2C)cc1. The van der Waals surface area contributed by atoms with E-state index in [1.165, 1.54) is 17.7 Å². The van der Waals surface area contributed by atoms with Crippen molar-refractivity contribution in [3.63, 3.8) is 0 Å². The molecule has 4 nitrogen and oxygen atoms in total. The highest BCUT2D eigenvalue weighted by Crippen LogP contribution is 2.22. The summed E-state index contributed by atoms with van der Waals surface area (Å²) in [7, 11) is 0. The molecule has 0 saturated heterocycles. The Bertz CT molecular complexity index is 980. The van der Waals surface area contributed by atoms with Gasteiger partial charge in [-0.05, 0) is 50.7 Å². The Labute approximate surface area is 162 Å². The Morgan fingerprint density at radius 2 is 1.74 bits per heavy atom. The van der Waals surface area contributed by atoms with Crippen LogP contribution >= 0.6 is 12.2 Å². The van der Waals surface area contributed by atoms with Gasteiger partial charge in [-0.2, -0.15) is 5.10 Å². The van der Waals surface area contributed by atoms with Gasteiger partial charge in [0.2, 0.25) is 0 Å². The Kier molecular flexibility index (Phi) is 5.51. The number of hydrogen-bond donors (Lipinski definition) is 2. The molecule has 140 valence electrons. The second kappa shape index (κ2) is 7.84. The van der Waals surface area contributed by atoms with Crippen molar-refractivity contribution < 1.29 is 8.78 Å². The van der Waals surface area contributed by atoms with Crippen molar-refractivity contribution in [3.05, 3.63) is 76.6 Å². The van der Waals surface area contributed by atoms with Crippen molar-refractivity contribution in [2.45, 2.75) is 27.3 Å². The number of aryl methyl sites for hydroxylation is 2. The standard InChI is InChI=1S/C20H20F2N4S/c1-12-4-6-15(7-5-12)11-26-14(3)19(13(2)25-26)24-20(27)23-18-9-8-16(21)10-17(18)22/h4-10H,11H2,1-3H3,(H2,23,24,27). The first kappa shape index (κ1) is 19.0. The smallest absolute Gasteiger partial charge is 0.175 e. The number of benzene rings is 2. The summed E-state index contributed by atoms with van der Waals surface area (Å²) < 4.78 is 28.7. The molecule has 0 saturated carbocycles. The molecule has 0 unspecified atom stereocenters. The van der Waals surface area contributed by atoms with Crippen LogP contribution in [-0.2, 0) is 6.54 Å². The van der Waals surface area contributed by atoms with E-state index in [9.17, 15) is 8.78 Å². The Hall–Kier alpha value is -2.80. The van der Waals surface area contributed by atoms with E-state index in [4.69, 9.17) is 12.2 Å². The van der Waals surface area contributed by atoms with Crippen LogP contribution in [0.4, 0.5) is 20.2 Å². The fraction of sp³-hybridized carbons (Fsp3) is 0.200. The Morgan fingerprint density at radius 3 is 2.41 bits per heavy atom. The van der Waals surface area contributed by atoms with Crippen molar-refractivity contribution >= 4 is 28.7 Å². The zero-order valence-electron chi connectivity index (χ0n) is 15.3. The molecular formula is C20H20F2N4S. The molecule has 7 heteroatoms. The van der Waals surface area contributed by atoms with Crippen molar-refractivity contribution in [2.24, 2.45) is 0 Å². The lowest BCUT2D eigenvalue weighted by Gasteiger charge is -2.12. The molecule has 0 amide bonds. The van der Waals surface area contributed by atoms with Gasteiger partial charge in [0, 0.05) is 6.07 Å². The predicted molar refractivity (Wildman–Crippen MR) is 108 cm³/mol. The molecule has 0 aliphatic rings. The minimum atomic E-state index is -0.706. The lowest BCUT2D eigenvalue weighted by atomic mass is 10.1. The van der Waals surface area contributed by atoms with Gasteiger partial charge < -0.3 is 10.6 Å². The Balaban J connectivity index is 1.74. The number of nitrogens with zero attached hydrogens (tertiary/aromatic N) is 2. The van der Waals surface area contributed by atoms with Gasteiger partial charge in [0.1, 0.15) is 11.6 Å². The van der Waals surface area contributed by atoms with Gasteiger partial charge in [0.25, 0.3) is 0 Å². The third kappa shape index (κ3) is 4.49. The molecule has 0 aliphatic carbocycles. The minimum Gasteiger partial charge on any atom is -0.330 e. The number of rotatable bonds is 4. The summed E-state index contributed by atoms with van der Waals surface area (Å²) in [5.74, 6) is -1.34. The summed E-state index contributed by atoms with van der Waals surface area (Å²) in [6.45, 7) is 6.51. The third-order valence-corrected chi connectivity index (χ3v) is 4.46. The van der Waals surface area contributed by atoms with E-state index in [2.05, 4.69) is 40.0 Å². The monoisotopic (exact) mass is 386 g/mol. The van der Waals surface area contributed by atoms with Crippen LogP contribution in [0.1, 0.15) is 22.5 Å². The predicted octanol–water partition coefficient (Wildman–Crippen LogP) is 4.94. The first-order valence-electron chi connectivity index (χ1n) is 8.46. The highest BCUT2D eigenvalue weighted by atomic mass is 32.1. The maximum atomic E-state index is 13.8. The van der Waals surface area contributed by atoms with Gasteiger partial charge in [0.05, 0.1) is 29.3 Å². The van der Waals surface area contributed by atoms with E-state index in [0.29, 0.717) is 6.54 Å². The van der Waals surface area contributed by atoms with Crippen molar-refractivity contribution in [1.82, 2.24) is 9.78 Å². The zero-order chi connectivity index (χ0) is 19.6. The number of nitrogens with one attached hydrogen (secondary N) is 2. The molecule has 27 heavy (non-hydrogen) atoms. The number of aromatic nitrogens is 2. The molecule has 0 bridgehead atoms. The quantitative estimate of drug-likeness (QED) is 0.623. The highest BCUT2D eigenvalue weighted by Gasteiger charge is 2.14. The summed E-state index contributed by atoms with van der Waals surface area (Å²) in [5, 5.41) is 10.6. The molecule has 0 atom stereocenters. The summed E-state index contributed by atoms with van der Waals surface area (Å²) in [6.07, 6.45) is 0. The van der Waals surface area contributed by atoms with E-state index in [0.717, 1.165) is 28.7 Å². The van der Waals surface area contributed by atoms with Gasteiger partial charge >= 0.3 is 0 Å². The molecule has 0 aliphatic heterocycles. The molecule has 2 N–H and O–H groups in total. The average molecular weight is 386 g/mol. The molecule has 1 aromatic heterocycles. The minimum absolute atomic E-state index is 0.108. The van der Waals surface area contributed by atoms with E-state index in [1.54, 1.807) is 0 Å². The van der Waals surface area contributed by atoms with E-state index < -0.39 is 11.6 Å². The van der Waals surface area contributed by atoms with Crippen LogP contribution in [0.3, 0.4) is 0 Å². The van der Waals surface area contributed by atoms with Gasteiger partial charge in [-0.15, -0.1) is 0 Å². The van der Waals surface area contributed by atoms with Gasteiger partial charge in [-0.1, -0.05) is 29.8 Å². The van der Waals surface area contributed by atoms with Gasteiger partial charge in [-0.25, -0.2) is 8.78 Å². The number of halogens is 2. The normalized spacial score (nSPS) is 10.7. The first-order valence-corrected chi connectivity index (χ1v) is 8.87. The van der Waals surface area contributed by atoms with E-state index in [-0.39, 0.29) is 10.8 Å². The fourth-order valence-corrected chi connectivity index (χ4v) is 2.97. The van der Waals surface area contributed by atoms with Crippen LogP contribution in [0.5, 0.6) is 0 Å². The van der Waals surface area contributed by atoms with E-state index >= 15 is 0 Å². The number of hydrogen-bond acceptors (Lipinski definition) is 2. The first-order chi connectivity index (χ1) is 12.8. The maximum absolute atomic E-state index is 13.8. The molecule has 0 fully saturated rings. The maximum Gasteiger partial charge on any atom is 0.175 e. The van der Waals surface area contributed by atoms with Crippen LogP contribution in [0.2, 0.25) is 0 Å². The molecule has 3 rings (SSSR count). The van der Waals surface area contributed by atoms with Crippen LogP contribution < -0.4 is 10.6 Å². The van der Waals surface area contributed by atoms with Crippen molar-refractivity contribution in [1.29, 1.82) is 0 Å². The van der Waals surface area contributed by atoms with Crippen molar-refractivity contribution in [3.8, 4) is 0 Å². The molecule has 3 aromatic rings. The van der Waals surface area contributed by atoms with Gasteiger partial charge in [-0.3, -0.25) is 4.68 Å². The summed E-state index contributed by atoms with van der Waals surface area (Å²) in [6, 6.07) is 11.6. The average Bonchev–Trinajstić information content (AvgIpc) is 2.87.